The number of nitrogens with two attached hydrogens (primary N) is 2. The number of nitrogens with one attached hydrogen (secondary N) is 3. The largest absolute Gasteiger partial charge is 0.326 e. The number of amides is 3. The lowest BCUT2D eigenvalue weighted by Gasteiger charge is -2.14. The van der Waals surface area contributed by atoms with Crippen molar-refractivity contribution in [3.63, 3.8) is 0 Å². The summed E-state index contributed by atoms with van der Waals surface area (Å²) in [4.78, 5) is 34.5. The van der Waals surface area contributed by atoms with Crippen LogP contribution in [0, 0.1) is 0 Å². The van der Waals surface area contributed by atoms with Crippen LogP contribution in [-0.4, -0.2) is 17.7 Å². The molecule has 0 aliphatic heterocycles. The number of carbonyl (C=O) groups excluding carboxylic acids is 3. The van der Waals surface area contributed by atoms with Crippen molar-refractivity contribution in [3.8, 4) is 0 Å². The van der Waals surface area contributed by atoms with Gasteiger partial charge in [0.2, 0.25) is 11.8 Å². The highest BCUT2D eigenvalue weighted by atomic mass is 35.5. The van der Waals surface area contributed by atoms with Gasteiger partial charge in [0.15, 0.2) is 0 Å². The second-order valence-electron chi connectivity index (χ2n) is 6.40. The normalized spacial score (nSPS) is 9.93. The second-order valence-corrected chi connectivity index (χ2v) is 6.40. The number of halogens is 1. The van der Waals surface area contributed by atoms with E-state index in [0.29, 0.717) is 36.3 Å². The minimum Gasteiger partial charge on any atom is -0.326 e. The van der Waals surface area contributed by atoms with E-state index in [-0.39, 0.29) is 30.1 Å². The zero-order valence-corrected chi connectivity index (χ0v) is 17.2. The molecule has 3 amide bonds. The zero-order valence-electron chi connectivity index (χ0n) is 16.4. The van der Waals surface area contributed by atoms with Crippen molar-refractivity contribution in [2.75, 3.05) is 10.6 Å². The van der Waals surface area contributed by atoms with Gasteiger partial charge in [-0.3, -0.25) is 19.8 Å². The fraction of sp³-hybridized carbons (Fsp3) is 0.250. The van der Waals surface area contributed by atoms with Crippen molar-refractivity contribution >= 4 is 41.5 Å². The number of hydrogen-bond acceptors (Lipinski definition) is 5. The molecule has 0 radical (unpaired) electrons. The summed E-state index contributed by atoms with van der Waals surface area (Å²) in [7, 11) is 0. The molecule has 0 atom stereocenters. The lowest BCUT2D eigenvalue weighted by atomic mass is 9.97. The summed E-state index contributed by atoms with van der Waals surface area (Å²) in [6.07, 6.45) is 1.40. The fourth-order valence-electron chi connectivity index (χ4n) is 2.90. The molecule has 0 aliphatic carbocycles. The molecule has 0 aliphatic rings. The highest BCUT2D eigenvalue weighted by Gasteiger charge is 2.10. The molecule has 7 N–H and O–H groups in total. The average Bonchev–Trinajstić information content (AvgIpc) is 2.66. The maximum Gasteiger partial charge on any atom is 0.265 e. The summed E-state index contributed by atoms with van der Waals surface area (Å²) in [5.74, 6) is 4.37. The predicted molar refractivity (Wildman–Crippen MR) is 116 cm³/mol. The third-order valence-electron chi connectivity index (χ3n) is 4.21. The zero-order chi connectivity index (χ0) is 20.7. The highest BCUT2D eigenvalue weighted by Crippen LogP contribution is 2.25. The van der Waals surface area contributed by atoms with Crippen molar-refractivity contribution < 1.29 is 14.4 Å². The van der Waals surface area contributed by atoms with Crippen LogP contribution in [-0.2, 0) is 29.0 Å². The lowest BCUT2D eigenvalue weighted by molar-refractivity contribution is -0.115. The van der Waals surface area contributed by atoms with Gasteiger partial charge in [0.1, 0.15) is 0 Å². The minimum atomic E-state index is -0.366. The quantitative estimate of drug-likeness (QED) is 0.265. The van der Waals surface area contributed by atoms with Crippen molar-refractivity contribution in [1.82, 2.24) is 5.43 Å². The Kier molecular flexibility index (Phi) is 9.27. The van der Waals surface area contributed by atoms with Crippen LogP contribution < -0.4 is 27.6 Å². The van der Waals surface area contributed by atoms with E-state index in [1.165, 1.54) is 13.8 Å². The van der Waals surface area contributed by atoms with Gasteiger partial charge < -0.3 is 16.4 Å². The Morgan fingerprint density at radius 3 is 2.10 bits per heavy atom. The Bertz CT molecular complexity index is 902. The van der Waals surface area contributed by atoms with Gasteiger partial charge in [0.25, 0.3) is 5.91 Å². The number of hydrogen-bond donors (Lipinski definition) is 5. The van der Waals surface area contributed by atoms with Crippen LogP contribution in [0.2, 0.25) is 0 Å². The van der Waals surface area contributed by atoms with E-state index in [4.69, 9.17) is 11.6 Å². The van der Waals surface area contributed by atoms with Gasteiger partial charge in [0.05, 0.1) is 11.4 Å². The first kappa shape index (κ1) is 24.1. The molecule has 0 fully saturated rings. The van der Waals surface area contributed by atoms with Gasteiger partial charge in [-0.1, -0.05) is 12.1 Å². The molecule has 2 rings (SSSR count). The highest BCUT2D eigenvalue weighted by molar-refractivity contribution is 5.98. The second kappa shape index (κ2) is 11.2. The standard InChI is InChI=1S/C20H25N5O3.ClH/c1-12(26)23-18-8-4-14(9-19(18)24-13(2)27)3-5-15-6-7-16(20(28)25-22)10-17(15)11-21;/h4,6-10H,3,5,11,21-22H2,1-2H3,(H,23,26)(H,24,27)(H,25,28);1H. The number of carbonyl (C=O) groups is 3. The number of anilines is 2. The molecule has 0 unspecified atom stereocenters. The van der Waals surface area contributed by atoms with Crippen LogP contribution in [0.3, 0.4) is 0 Å². The van der Waals surface area contributed by atoms with Crippen LogP contribution in [0.1, 0.15) is 40.9 Å². The van der Waals surface area contributed by atoms with E-state index in [1.54, 1.807) is 18.2 Å². The van der Waals surface area contributed by atoms with E-state index in [9.17, 15) is 14.4 Å². The molecule has 2 aromatic carbocycles. The van der Waals surface area contributed by atoms with Gasteiger partial charge in [0, 0.05) is 26.0 Å². The van der Waals surface area contributed by atoms with E-state index in [2.05, 4.69) is 16.1 Å². The van der Waals surface area contributed by atoms with Crippen LogP contribution in [0.25, 0.3) is 0 Å². The molecule has 8 nitrogen and oxygen atoms in total. The first-order valence-electron chi connectivity index (χ1n) is 8.85. The third kappa shape index (κ3) is 6.86. The summed E-state index contributed by atoms with van der Waals surface area (Å²) < 4.78 is 0. The van der Waals surface area contributed by atoms with Crippen molar-refractivity contribution in [2.45, 2.75) is 33.2 Å². The molecule has 156 valence electrons. The van der Waals surface area contributed by atoms with Crippen LogP contribution in [0.5, 0.6) is 0 Å². The van der Waals surface area contributed by atoms with E-state index >= 15 is 0 Å². The predicted octanol–water partition coefficient (Wildman–Crippen LogP) is 1.87. The van der Waals surface area contributed by atoms with Crippen molar-refractivity contribution in [1.29, 1.82) is 0 Å². The number of rotatable bonds is 7. The first-order chi connectivity index (χ1) is 13.3. The topological polar surface area (TPSA) is 139 Å². The smallest absolute Gasteiger partial charge is 0.265 e. The van der Waals surface area contributed by atoms with E-state index in [0.717, 1.165) is 16.7 Å². The first-order valence-corrected chi connectivity index (χ1v) is 8.85. The summed E-state index contributed by atoms with van der Waals surface area (Å²) in [5, 5.41) is 5.44. The van der Waals surface area contributed by atoms with Gasteiger partial charge in [-0.25, -0.2) is 5.84 Å². The molecule has 0 spiro atoms. The van der Waals surface area contributed by atoms with Gasteiger partial charge in [-0.15, -0.1) is 12.4 Å². The maximum absolute atomic E-state index is 11.7. The van der Waals surface area contributed by atoms with Gasteiger partial charge in [-0.2, -0.15) is 0 Å². The molecule has 0 bridgehead atoms. The molecule has 0 heterocycles. The van der Waals surface area contributed by atoms with Crippen LogP contribution in [0.15, 0.2) is 36.4 Å². The molecule has 9 heteroatoms. The minimum absolute atomic E-state index is 0. The Hall–Kier alpha value is -2.94. The van der Waals surface area contributed by atoms with E-state index < -0.39 is 0 Å². The summed E-state index contributed by atoms with van der Waals surface area (Å²) in [6.45, 7) is 3.13. The maximum atomic E-state index is 11.7. The summed E-state index contributed by atoms with van der Waals surface area (Å²) in [5.41, 5.74) is 12.4. The Morgan fingerprint density at radius 2 is 1.52 bits per heavy atom. The van der Waals surface area contributed by atoms with Gasteiger partial charge in [-0.05, 0) is 53.8 Å². The molecule has 0 saturated carbocycles. The van der Waals surface area contributed by atoms with Crippen LogP contribution in [0.4, 0.5) is 11.4 Å². The molecular weight excluding hydrogens is 394 g/mol. The number of nitrogen functional groups attached to an aromatic ring is 1. The number of hydrazine groups is 1. The fourth-order valence-corrected chi connectivity index (χ4v) is 2.90. The molecule has 0 aromatic heterocycles. The Balaban J connectivity index is 0.00000420. The van der Waals surface area contributed by atoms with Gasteiger partial charge >= 0.3 is 0 Å². The summed E-state index contributed by atoms with van der Waals surface area (Å²) in [6, 6.07) is 10.8. The summed E-state index contributed by atoms with van der Waals surface area (Å²) >= 11 is 0. The average molecular weight is 420 g/mol. The molecule has 0 saturated heterocycles. The van der Waals surface area contributed by atoms with Crippen LogP contribution >= 0.6 is 12.4 Å². The monoisotopic (exact) mass is 419 g/mol. The number of benzene rings is 2. The van der Waals surface area contributed by atoms with E-state index in [1.807, 2.05) is 18.2 Å². The van der Waals surface area contributed by atoms with Crippen molar-refractivity contribution in [3.05, 3.63) is 58.7 Å². The van der Waals surface area contributed by atoms with Crippen molar-refractivity contribution in [2.24, 2.45) is 11.6 Å². The molecule has 2 aromatic rings. The SMILES string of the molecule is CC(=O)Nc1ccc(CCc2ccc(C(=O)NN)cc2CN)cc1NC(C)=O.Cl. The number of aryl methyl sites for hydroxylation is 2. The lowest BCUT2D eigenvalue weighted by Crippen LogP contribution is -2.30. The molecule has 29 heavy (non-hydrogen) atoms. The Morgan fingerprint density at radius 1 is 0.862 bits per heavy atom. The molecular formula is C20H26ClN5O3. The third-order valence-corrected chi connectivity index (χ3v) is 4.21. The Labute approximate surface area is 175 Å².